The number of imidazole rings is 1. The number of amidine groups is 1. The van der Waals surface area contributed by atoms with Gasteiger partial charge in [-0.15, -0.1) is 0 Å². The van der Waals surface area contributed by atoms with E-state index in [0.717, 1.165) is 28.1 Å². The van der Waals surface area contributed by atoms with Gasteiger partial charge in [-0.1, -0.05) is 41.6 Å². The Morgan fingerprint density at radius 2 is 2.04 bits per heavy atom. The molecule has 23 heavy (non-hydrogen) atoms. The second-order valence-corrected chi connectivity index (χ2v) is 5.81. The largest absolute Gasteiger partial charge is 0.338 e. The normalized spacial score (nSPS) is 11.4. The number of H-pyrrole nitrogens is 1. The summed E-state index contributed by atoms with van der Waals surface area (Å²) < 4.78 is 0. The minimum Gasteiger partial charge on any atom is -0.338 e. The van der Waals surface area contributed by atoms with Crippen LogP contribution in [0.1, 0.15) is 5.56 Å². The van der Waals surface area contributed by atoms with Gasteiger partial charge in [0.25, 0.3) is 0 Å². The third kappa shape index (κ3) is 3.35. The number of rotatable bonds is 2. The lowest BCUT2D eigenvalue weighted by atomic mass is 10.1. The van der Waals surface area contributed by atoms with Crippen LogP contribution in [0.25, 0.3) is 22.4 Å². The summed E-state index contributed by atoms with van der Waals surface area (Å²) in [6, 6.07) is 14.0. The van der Waals surface area contributed by atoms with Crippen LogP contribution in [0.5, 0.6) is 0 Å². The number of nitrogens with zero attached hydrogens (tertiary/aromatic N) is 3. The molecule has 0 unspecified atom stereocenters. The van der Waals surface area contributed by atoms with Gasteiger partial charge in [-0.05, 0) is 31.4 Å². The fourth-order valence-electron chi connectivity index (χ4n) is 2.20. The first-order valence-corrected chi connectivity index (χ1v) is 8.26. The number of fused-ring (bicyclic) bond motifs is 1. The van der Waals surface area contributed by atoms with Crippen molar-refractivity contribution >= 4 is 33.7 Å². The summed E-state index contributed by atoms with van der Waals surface area (Å²) in [6.45, 7) is 2.06. The number of thioether (sulfide) groups is 1. The minimum atomic E-state index is 0.560. The molecule has 6 heteroatoms. The van der Waals surface area contributed by atoms with E-state index >= 15 is 0 Å². The van der Waals surface area contributed by atoms with Crippen LogP contribution in [0.4, 0.5) is 5.69 Å². The van der Waals surface area contributed by atoms with Gasteiger partial charge in [0.2, 0.25) is 0 Å². The quantitative estimate of drug-likeness (QED) is 0.324. The van der Waals surface area contributed by atoms with Gasteiger partial charge < -0.3 is 4.98 Å². The molecule has 2 N–H and O–H groups in total. The maximum atomic E-state index is 8.69. The van der Waals surface area contributed by atoms with E-state index < -0.39 is 0 Å². The van der Waals surface area contributed by atoms with Crippen molar-refractivity contribution in [1.82, 2.24) is 15.3 Å². The van der Waals surface area contributed by atoms with Crippen LogP contribution in [-0.4, -0.2) is 21.4 Å². The lowest BCUT2D eigenvalue weighted by Gasteiger charge is -1.99. The van der Waals surface area contributed by atoms with E-state index in [-0.39, 0.29) is 0 Å². The number of aryl methyl sites for hydroxylation is 1. The highest BCUT2D eigenvalue weighted by Gasteiger charge is 2.06. The van der Waals surface area contributed by atoms with Gasteiger partial charge >= 0.3 is 0 Å². The van der Waals surface area contributed by atoms with Crippen molar-refractivity contribution in [2.75, 3.05) is 6.26 Å². The Hall–Kier alpha value is -2.78. The van der Waals surface area contributed by atoms with E-state index in [1.54, 1.807) is 0 Å². The summed E-state index contributed by atoms with van der Waals surface area (Å²) in [7, 11) is 0. The molecule has 3 rings (SSSR count). The van der Waals surface area contributed by atoms with Gasteiger partial charge in [0.05, 0.1) is 16.7 Å². The fraction of sp³-hybridized carbons (Fsp3) is 0.118. The van der Waals surface area contributed by atoms with E-state index in [9.17, 15) is 0 Å². The number of aromatic nitrogens is 2. The predicted molar refractivity (Wildman–Crippen MR) is 95.6 cm³/mol. The van der Waals surface area contributed by atoms with Crippen LogP contribution in [-0.2, 0) is 0 Å². The second-order valence-electron chi connectivity index (χ2n) is 5.01. The zero-order valence-corrected chi connectivity index (χ0v) is 13.6. The summed E-state index contributed by atoms with van der Waals surface area (Å²) >= 11 is 1.39. The molecule has 0 spiro atoms. The van der Waals surface area contributed by atoms with Crippen molar-refractivity contribution in [2.24, 2.45) is 4.99 Å². The first kappa shape index (κ1) is 15.1. The highest BCUT2D eigenvalue weighted by atomic mass is 32.2. The molecule has 0 atom stereocenters. The van der Waals surface area contributed by atoms with Crippen molar-refractivity contribution in [2.45, 2.75) is 6.92 Å². The number of hydrogen-bond acceptors (Lipinski definition) is 4. The molecular formula is C17H15N5S. The monoisotopic (exact) mass is 321 g/mol. The Morgan fingerprint density at radius 3 is 2.74 bits per heavy atom. The summed E-state index contributed by atoms with van der Waals surface area (Å²) in [5.74, 6) is 0.835. The van der Waals surface area contributed by atoms with Gasteiger partial charge in [-0.3, -0.25) is 5.32 Å². The predicted octanol–water partition coefficient (Wildman–Crippen LogP) is 3.96. The topological polar surface area (TPSA) is 76.9 Å². The first-order valence-electron chi connectivity index (χ1n) is 7.04. The lowest BCUT2D eigenvalue weighted by molar-refractivity contribution is 1.28. The van der Waals surface area contributed by atoms with E-state index in [2.05, 4.69) is 51.5 Å². The standard InChI is InChI=1S/C17H15N5S/c1-11-3-5-12(6-4-11)16-21-14-8-7-13(9-15(14)22-16)20-17(23-2)19-10-18/h3-9H,1-2H3,(H,19,20)(H,21,22). The van der Waals surface area contributed by atoms with E-state index in [1.165, 1.54) is 17.3 Å². The summed E-state index contributed by atoms with van der Waals surface area (Å²) in [4.78, 5) is 12.3. The number of benzene rings is 2. The summed E-state index contributed by atoms with van der Waals surface area (Å²) in [6.07, 6.45) is 3.75. The van der Waals surface area contributed by atoms with Crippen molar-refractivity contribution < 1.29 is 0 Å². The Labute approximate surface area is 138 Å². The zero-order valence-electron chi connectivity index (χ0n) is 12.8. The number of aromatic amines is 1. The molecule has 0 aliphatic carbocycles. The Balaban J connectivity index is 1.98. The smallest absolute Gasteiger partial charge is 0.183 e. The zero-order chi connectivity index (χ0) is 16.2. The van der Waals surface area contributed by atoms with Crippen LogP contribution < -0.4 is 5.32 Å². The number of hydrogen-bond donors (Lipinski definition) is 2. The molecule has 0 radical (unpaired) electrons. The number of nitriles is 1. The number of aliphatic imine (C=N–C) groups is 1. The Morgan fingerprint density at radius 1 is 1.26 bits per heavy atom. The lowest BCUT2D eigenvalue weighted by Crippen LogP contribution is -2.12. The highest BCUT2D eigenvalue weighted by Crippen LogP contribution is 2.24. The van der Waals surface area contributed by atoms with E-state index in [0.29, 0.717) is 5.17 Å². The molecule has 0 fully saturated rings. The van der Waals surface area contributed by atoms with Crippen molar-refractivity contribution in [3.8, 4) is 17.6 Å². The Kier molecular flexibility index (Phi) is 4.31. The van der Waals surface area contributed by atoms with Crippen LogP contribution in [0, 0.1) is 18.4 Å². The molecule has 0 bridgehead atoms. The maximum absolute atomic E-state index is 8.69. The molecular weight excluding hydrogens is 306 g/mol. The Bertz CT molecular complexity index is 903. The van der Waals surface area contributed by atoms with Crippen molar-refractivity contribution in [3.05, 3.63) is 48.0 Å². The molecule has 0 aliphatic rings. The van der Waals surface area contributed by atoms with Crippen LogP contribution in [0.2, 0.25) is 0 Å². The van der Waals surface area contributed by atoms with Crippen LogP contribution >= 0.6 is 11.8 Å². The molecule has 0 aliphatic heterocycles. The third-order valence-corrected chi connectivity index (χ3v) is 3.96. The average molecular weight is 321 g/mol. The van der Waals surface area contributed by atoms with E-state index in [1.807, 2.05) is 30.6 Å². The van der Waals surface area contributed by atoms with E-state index in [4.69, 9.17) is 5.26 Å². The molecule has 5 nitrogen and oxygen atoms in total. The molecule has 1 heterocycles. The van der Waals surface area contributed by atoms with Crippen molar-refractivity contribution in [3.63, 3.8) is 0 Å². The highest BCUT2D eigenvalue weighted by molar-refractivity contribution is 8.13. The average Bonchev–Trinajstić information content (AvgIpc) is 2.98. The molecule has 2 aromatic carbocycles. The third-order valence-electron chi connectivity index (χ3n) is 3.38. The molecule has 0 amide bonds. The first-order chi connectivity index (χ1) is 11.2. The summed E-state index contributed by atoms with van der Waals surface area (Å²) in [5.41, 5.74) is 4.84. The molecule has 114 valence electrons. The van der Waals surface area contributed by atoms with Gasteiger partial charge in [-0.25, -0.2) is 9.98 Å². The molecule has 0 saturated heterocycles. The van der Waals surface area contributed by atoms with Crippen LogP contribution in [0.3, 0.4) is 0 Å². The molecule has 0 saturated carbocycles. The summed E-state index contributed by atoms with van der Waals surface area (Å²) in [5, 5.41) is 11.8. The minimum absolute atomic E-state index is 0.560. The second kappa shape index (κ2) is 6.55. The SMILES string of the molecule is CSC(=Nc1ccc2nc(-c3ccc(C)cc3)[nH]c2c1)NC#N. The van der Waals surface area contributed by atoms with Gasteiger partial charge in [0.15, 0.2) is 11.4 Å². The molecule has 1 aromatic heterocycles. The van der Waals surface area contributed by atoms with Crippen molar-refractivity contribution in [1.29, 1.82) is 5.26 Å². The maximum Gasteiger partial charge on any atom is 0.183 e. The van der Waals surface area contributed by atoms with Gasteiger partial charge in [-0.2, -0.15) is 5.26 Å². The number of nitrogens with one attached hydrogen (secondary N) is 2. The fourth-order valence-corrected chi connectivity index (χ4v) is 2.55. The van der Waals surface area contributed by atoms with Crippen LogP contribution in [0.15, 0.2) is 47.5 Å². The van der Waals surface area contributed by atoms with Gasteiger partial charge in [0, 0.05) is 5.56 Å². The molecule has 3 aromatic rings. The van der Waals surface area contributed by atoms with Gasteiger partial charge in [0.1, 0.15) is 5.82 Å².